The first-order valence-electron chi connectivity index (χ1n) is 13.1. The number of amides is 1. The molecule has 0 heterocycles. The van der Waals surface area contributed by atoms with Crippen molar-refractivity contribution < 1.29 is 4.79 Å². The Morgan fingerprint density at radius 2 is 0.786 bits per heavy atom. The van der Waals surface area contributed by atoms with E-state index in [9.17, 15) is 4.79 Å². The number of unbranched alkanes of at least 4 members (excludes halogenated alkanes) is 19. The van der Waals surface area contributed by atoms with Crippen molar-refractivity contribution in [3.05, 3.63) is 0 Å². The smallest absolute Gasteiger partial charge is 0.219 e. The molecule has 0 aliphatic carbocycles. The Kier molecular flexibility index (Phi) is 24.0. The van der Waals surface area contributed by atoms with Gasteiger partial charge in [-0.15, -0.1) is 0 Å². The molecule has 0 spiro atoms. The first-order valence-corrected chi connectivity index (χ1v) is 13.1. The molecule has 0 aromatic rings. The normalized spacial score (nSPS) is 11.1. The Labute approximate surface area is 178 Å². The molecule has 0 rings (SSSR count). The second-order valence-electron chi connectivity index (χ2n) is 8.82. The van der Waals surface area contributed by atoms with Gasteiger partial charge in [-0.25, -0.2) is 0 Å². The number of nitrogens with one attached hydrogen (secondary N) is 1. The van der Waals surface area contributed by atoms with Crippen LogP contribution in [0.2, 0.25) is 0 Å². The van der Waals surface area contributed by atoms with E-state index in [2.05, 4.69) is 19.2 Å². The van der Waals surface area contributed by atoms with Gasteiger partial charge in [-0.3, -0.25) is 4.79 Å². The van der Waals surface area contributed by atoms with Crippen molar-refractivity contribution in [2.45, 2.75) is 155 Å². The van der Waals surface area contributed by atoms with Gasteiger partial charge >= 0.3 is 0 Å². The molecule has 0 atom stereocenters. The van der Waals surface area contributed by atoms with Crippen molar-refractivity contribution in [3.63, 3.8) is 0 Å². The first kappa shape index (κ1) is 27.5. The third-order valence-electron chi connectivity index (χ3n) is 5.86. The minimum atomic E-state index is 0.270. The molecule has 28 heavy (non-hydrogen) atoms. The lowest BCUT2D eigenvalue weighted by atomic mass is 10.1. The number of carbonyl (C=O) groups is 1. The summed E-state index contributed by atoms with van der Waals surface area (Å²) in [4.78, 5) is 11.9. The van der Waals surface area contributed by atoms with E-state index in [-0.39, 0.29) is 5.91 Å². The van der Waals surface area contributed by atoms with Crippen LogP contribution in [0.3, 0.4) is 0 Å². The maximum absolute atomic E-state index is 11.9. The summed E-state index contributed by atoms with van der Waals surface area (Å²) in [5.74, 6) is 0.270. The van der Waals surface area contributed by atoms with Crippen LogP contribution in [0.25, 0.3) is 0 Å². The van der Waals surface area contributed by atoms with Crippen molar-refractivity contribution in [2.24, 2.45) is 0 Å². The summed E-state index contributed by atoms with van der Waals surface area (Å²) in [7, 11) is 0. The molecule has 2 heteroatoms. The molecule has 0 aromatic carbocycles. The highest BCUT2D eigenvalue weighted by Gasteiger charge is 2.00. The van der Waals surface area contributed by atoms with Gasteiger partial charge in [0.2, 0.25) is 5.91 Å². The van der Waals surface area contributed by atoms with Crippen molar-refractivity contribution in [1.82, 2.24) is 5.32 Å². The van der Waals surface area contributed by atoms with Crippen molar-refractivity contribution in [3.8, 4) is 0 Å². The van der Waals surface area contributed by atoms with Crippen LogP contribution in [0.15, 0.2) is 0 Å². The summed E-state index contributed by atoms with van der Waals surface area (Å²) in [6.45, 7) is 5.43. The fraction of sp³-hybridized carbons (Fsp3) is 0.962. The summed E-state index contributed by atoms with van der Waals surface area (Å²) in [5.41, 5.74) is 0. The van der Waals surface area contributed by atoms with Crippen LogP contribution in [0.5, 0.6) is 0 Å². The van der Waals surface area contributed by atoms with E-state index in [1.807, 2.05) is 0 Å². The second kappa shape index (κ2) is 24.5. The molecule has 0 aliphatic rings. The summed E-state index contributed by atoms with van der Waals surface area (Å²) >= 11 is 0. The van der Waals surface area contributed by atoms with Gasteiger partial charge < -0.3 is 5.32 Å². The Morgan fingerprint density at radius 1 is 0.464 bits per heavy atom. The summed E-state index contributed by atoms with van der Waals surface area (Å²) in [5, 5.41) is 3.10. The molecule has 0 unspecified atom stereocenters. The van der Waals surface area contributed by atoms with Crippen molar-refractivity contribution in [1.29, 1.82) is 0 Å². The fourth-order valence-electron chi connectivity index (χ4n) is 3.88. The van der Waals surface area contributed by atoms with Crippen LogP contribution in [0, 0.1) is 0 Å². The highest BCUT2D eigenvalue weighted by atomic mass is 16.1. The maximum atomic E-state index is 11.9. The average molecular weight is 396 g/mol. The Hall–Kier alpha value is -0.530. The molecule has 0 bridgehead atoms. The van der Waals surface area contributed by atoms with Gasteiger partial charge in [-0.2, -0.15) is 0 Å². The highest BCUT2D eigenvalue weighted by molar-refractivity contribution is 5.75. The summed E-state index contributed by atoms with van der Waals surface area (Å²) in [6.07, 6.45) is 29.0. The van der Waals surface area contributed by atoms with Gasteiger partial charge in [0.1, 0.15) is 0 Å². The van der Waals surface area contributed by atoms with Crippen LogP contribution in [-0.4, -0.2) is 12.5 Å². The van der Waals surface area contributed by atoms with Crippen molar-refractivity contribution >= 4 is 5.91 Å². The lowest BCUT2D eigenvalue weighted by molar-refractivity contribution is -0.121. The molecule has 2 nitrogen and oxygen atoms in total. The van der Waals surface area contributed by atoms with E-state index >= 15 is 0 Å². The molecule has 1 N–H and O–H groups in total. The Bertz CT molecular complexity index is 275. The van der Waals surface area contributed by atoms with Crippen molar-refractivity contribution in [2.75, 3.05) is 6.54 Å². The van der Waals surface area contributed by atoms with Crippen LogP contribution in [0.4, 0.5) is 0 Å². The largest absolute Gasteiger partial charge is 0.356 e. The van der Waals surface area contributed by atoms with Gasteiger partial charge in [0.25, 0.3) is 0 Å². The third kappa shape index (κ3) is 23.5. The van der Waals surface area contributed by atoms with E-state index in [1.54, 1.807) is 0 Å². The highest BCUT2D eigenvalue weighted by Crippen LogP contribution is 2.12. The Balaban J connectivity index is 3.13. The second-order valence-corrected chi connectivity index (χ2v) is 8.82. The number of carbonyl (C=O) groups excluding carboxylic acids is 1. The molecule has 0 saturated carbocycles. The lowest BCUT2D eigenvalue weighted by Gasteiger charge is -2.06. The van der Waals surface area contributed by atoms with Gasteiger partial charge in [-0.05, 0) is 12.8 Å². The Morgan fingerprint density at radius 3 is 1.18 bits per heavy atom. The molecule has 0 aliphatic heterocycles. The van der Waals surface area contributed by atoms with Gasteiger partial charge in [-0.1, -0.05) is 136 Å². The predicted octanol–water partition coefficient (Wildman–Crippen LogP) is 8.72. The van der Waals surface area contributed by atoms with E-state index in [0.717, 1.165) is 25.8 Å². The first-order chi connectivity index (χ1) is 13.8. The minimum Gasteiger partial charge on any atom is -0.356 e. The average Bonchev–Trinajstić information content (AvgIpc) is 2.70. The molecular weight excluding hydrogens is 342 g/mol. The van der Waals surface area contributed by atoms with Gasteiger partial charge in [0.05, 0.1) is 0 Å². The predicted molar refractivity (Wildman–Crippen MR) is 126 cm³/mol. The summed E-state index contributed by atoms with van der Waals surface area (Å²) in [6, 6.07) is 0. The van der Waals surface area contributed by atoms with Gasteiger partial charge in [0, 0.05) is 13.0 Å². The quantitative estimate of drug-likeness (QED) is 0.172. The molecule has 0 radical (unpaired) electrons. The summed E-state index contributed by atoms with van der Waals surface area (Å²) < 4.78 is 0. The number of rotatable bonds is 23. The van der Waals surface area contributed by atoms with Crippen LogP contribution < -0.4 is 5.32 Å². The van der Waals surface area contributed by atoms with E-state index in [4.69, 9.17) is 0 Å². The number of hydrogen-bond acceptors (Lipinski definition) is 1. The fourth-order valence-corrected chi connectivity index (χ4v) is 3.88. The lowest BCUT2D eigenvalue weighted by Crippen LogP contribution is -2.23. The minimum absolute atomic E-state index is 0.270. The zero-order valence-corrected chi connectivity index (χ0v) is 19.7. The number of hydrogen-bond donors (Lipinski definition) is 1. The standard InChI is InChI=1S/C26H53NO/c1-3-5-7-9-11-13-15-16-18-20-22-24-26(28)27-25-23-21-19-17-14-12-10-8-6-4-2/h3-25H2,1-2H3,(H,27,28). The van der Waals surface area contributed by atoms with Crippen LogP contribution in [0.1, 0.15) is 155 Å². The van der Waals surface area contributed by atoms with E-state index < -0.39 is 0 Å². The topological polar surface area (TPSA) is 29.1 Å². The molecular formula is C26H53NO. The molecule has 0 saturated heterocycles. The molecule has 0 aromatic heterocycles. The third-order valence-corrected chi connectivity index (χ3v) is 5.86. The monoisotopic (exact) mass is 395 g/mol. The van der Waals surface area contributed by atoms with Gasteiger partial charge in [0.15, 0.2) is 0 Å². The molecule has 168 valence electrons. The zero-order chi connectivity index (χ0) is 20.5. The van der Waals surface area contributed by atoms with Crippen LogP contribution in [-0.2, 0) is 4.79 Å². The van der Waals surface area contributed by atoms with Crippen LogP contribution >= 0.6 is 0 Å². The maximum Gasteiger partial charge on any atom is 0.219 e. The zero-order valence-electron chi connectivity index (χ0n) is 19.7. The molecule has 0 fully saturated rings. The van der Waals surface area contributed by atoms with E-state index in [1.165, 1.54) is 122 Å². The SMILES string of the molecule is CCCCCCCCCCCCCC(=O)NCCCCCCCCCCCC. The van der Waals surface area contributed by atoms with E-state index in [0.29, 0.717) is 0 Å². The molecule has 1 amide bonds.